The summed E-state index contributed by atoms with van der Waals surface area (Å²) in [5, 5.41) is 5.25. The van der Waals surface area contributed by atoms with E-state index in [-0.39, 0.29) is 6.09 Å². The van der Waals surface area contributed by atoms with Gasteiger partial charge in [0.2, 0.25) is 0 Å². The second-order valence-corrected chi connectivity index (χ2v) is 7.15. The average Bonchev–Trinajstić information content (AvgIpc) is 3.17. The zero-order valence-electron chi connectivity index (χ0n) is 12.8. The van der Waals surface area contributed by atoms with Crippen LogP contribution in [0.3, 0.4) is 0 Å². The lowest BCUT2D eigenvalue weighted by Gasteiger charge is -2.33. The molecule has 0 aliphatic carbocycles. The minimum atomic E-state index is -0.226. The van der Waals surface area contributed by atoms with E-state index in [1.165, 1.54) is 0 Å². The Hall–Kier alpha value is -1.61. The lowest BCUT2D eigenvalue weighted by atomic mass is 10.3. The van der Waals surface area contributed by atoms with Crippen LogP contribution in [-0.2, 0) is 11.3 Å². The summed E-state index contributed by atoms with van der Waals surface area (Å²) < 4.78 is 7.88. The first kappa shape index (κ1) is 16.3. The number of aromatic nitrogens is 3. The van der Waals surface area contributed by atoms with Crippen molar-refractivity contribution >= 4 is 38.5 Å². The molecule has 2 aromatic heterocycles. The normalized spacial score (nSPS) is 15.0. The largest absolute Gasteiger partial charge is 0.450 e. The quantitative estimate of drug-likeness (QED) is 0.789. The highest BCUT2D eigenvalue weighted by Gasteiger charge is 2.23. The van der Waals surface area contributed by atoms with Crippen LogP contribution in [-0.4, -0.2) is 58.5 Å². The molecule has 0 atom stereocenters. The van der Waals surface area contributed by atoms with Gasteiger partial charge in [0.25, 0.3) is 0 Å². The second kappa shape index (κ2) is 7.31. The molecule has 1 aliphatic rings. The fourth-order valence-corrected chi connectivity index (χ4v) is 3.68. The van der Waals surface area contributed by atoms with Crippen molar-refractivity contribution in [1.82, 2.24) is 19.7 Å². The molecule has 0 radical (unpaired) electrons. The molecule has 1 amide bonds. The maximum Gasteiger partial charge on any atom is 0.409 e. The summed E-state index contributed by atoms with van der Waals surface area (Å²) in [5.74, 6) is 0. The predicted octanol–water partition coefficient (Wildman–Crippen LogP) is 2.43. The summed E-state index contributed by atoms with van der Waals surface area (Å²) in [4.78, 5) is 21.3. The molecule has 3 rings (SSSR count). The van der Waals surface area contributed by atoms with E-state index in [2.05, 4.69) is 30.9 Å². The number of carbonyl (C=O) groups excluding carboxylic acids is 1. The van der Waals surface area contributed by atoms with E-state index in [1.54, 1.807) is 22.4 Å². The van der Waals surface area contributed by atoms with Crippen molar-refractivity contribution in [3.8, 4) is 0 Å². The molecule has 9 heteroatoms. The van der Waals surface area contributed by atoms with Gasteiger partial charge in [0.15, 0.2) is 5.13 Å². The van der Waals surface area contributed by atoms with Gasteiger partial charge in [-0.1, -0.05) is 11.3 Å². The third-order valence-corrected chi connectivity index (χ3v) is 4.99. The predicted molar refractivity (Wildman–Crippen MR) is 92.0 cm³/mol. The lowest BCUT2D eigenvalue weighted by molar-refractivity contribution is 0.105. The molecule has 0 aromatic carbocycles. The van der Waals surface area contributed by atoms with Gasteiger partial charge in [-0.05, 0) is 22.9 Å². The number of anilines is 1. The summed E-state index contributed by atoms with van der Waals surface area (Å²) in [6.45, 7) is 5.84. The van der Waals surface area contributed by atoms with Crippen molar-refractivity contribution in [1.29, 1.82) is 0 Å². The summed E-state index contributed by atoms with van der Waals surface area (Å²) in [6, 6.07) is 0. The van der Waals surface area contributed by atoms with Crippen LogP contribution in [0.2, 0.25) is 0 Å². The molecule has 7 nitrogen and oxygen atoms in total. The van der Waals surface area contributed by atoms with Crippen molar-refractivity contribution in [3.63, 3.8) is 0 Å². The number of halogens is 1. The number of thiazole rings is 1. The summed E-state index contributed by atoms with van der Waals surface area (Å²) >= 11 is 5.06. The third kappa shape index (κ3) is 4.03. The van der Waals surface area contributed by atoms with Gasteiger partial charge in [-0.25, -0.2) is 9.78 Å². The molecule has 0 unspecified atom stereocenters. The first-order valence-corrected chi connectivity index (χ1v) is 9.06. The maximum absolute atomic E-state index is 11.7. The number of nitrogens with zero attached hydrogens (tertiary/aromatic N) is 5. The number of hydrogen-bond donors (Lipinski definition) is 0. The molecule has 1 aliphatic heterocycles. The van der Waals surface area contributed by atoms with E-state index in [9.17, 15) is 4.79 Å². The summed E-state index contributed by atoms with van der Waals surface area (Å²) in [5.41, 5.74) is 0. The van der Waals surface area contributed by atoms with Crippen molar-refractivity contribution in [2.75, 3.05) is 37.7 Å². The summed E-state index contributed by atoms with van der Waals surface area (Å²) in [6.07, 6.45) is 5.39. The Balaban J connectivity index is 1.56. The van der Waals surface area contributed by atoms with Crippen LogP contribution in [0.5, 0.6) is 0 Å². The lowest BCUT2D eigenvalue weighted by Crippen LogP contribution is -2.48. The Morgan fingerprint density at radius 1 is 1.35 bits per heavy atom. The number of rotatable bonds is 4. The van der Waals surface area contributed by atoms with E-state index < -0.39 is 0 Å². The zero-order valence-corrected chi connectivity index (χ0v) is 15.2. The van der Waals surface area contributed by atoms with E-state index in [0.29, 0.717) is 26.2 Å². The molecular formula is C14H18BrN5O2S. The van der Waals surface area contributed by atoms with Crippen molar-refractivity contribution < 1.29 is 9.53 Å². The van der Waals surface area contributed by atoms with Crippen LogP contribution >= 0.6 is 27.3 Å². The van der Waals surface area contributed by atoms with Gasteiger partial charge in [-0.15, -0.1) is 0 Å². The molecule has 1 fully saturated rings. The topological polar surface area (TPSA) is 63.5 Å². The third-order valence-electron chi connectivity index (χ3n) is 3.54. The van der Waals surface area contributed by atoms with E-state index in [1.807, 2.05) is 24.0 Å². The van der Waals surface area contributed by atoms with Gasteiger partial charge in [-0.3, -0.25) is 4.68 Å². The van der Waals surface area contributed by atoms with E-state index >= 15 is 0 Å². The van der Waals surface area contributed by atoms with Crippen molar-refractivity contribution in [2.24, 2.45) is 0 Å². The SMILES string of the molecule is CCOC(=O)N1CCN(c2ncc(Cn3cc(Br)cn3)s2)CC1. The number of carbonyl (C=O) groups is 1. The average molecular weight is 400 g/mol. The zero-order chi connectivity index (χ0) is 16.2. The van der Waals surface area contributed by atoms with Crippen LogP contribution < -0.4 is 4.90 Å². The molecule has 0 spiro atoms. The first-order valence-electron chi connectivity index (χ1n) is 7.45. The molecule has 3 heterocycles. The highest BCUT2D eigenvalue weighted by molar-refractivity contribution is 9.10. The second-order valence-electron chi connectivity index (χ2n) is 5.14. The molecule has 2 aromatic rings. The Kier molecular flexibility index (Phi) is 5.16. The first-order chi connectivity index (χ1) is 11.2. The Bertz CT molecular complexity index is 666. The van der Waals surface area contributed by atoms with Crippen LogP contribution in [0.25, 0.3) is 0 Å². The van der Waals surface area contributed by atoms with Gasteiger partial charge in [0.05, 0.1) is 23.8 Å². The number of ether oxygens (including phenoxy) is 1. The highest BCUT2D eigenvalue weighted by Crippen LogP contribution is 2.24. The molecule has 0 bridgehead atoms. The highest BCUT2D eigenvalue weighted by atomic mass is 79.9. The van der Waals surface area contributed by atoms with E-state index in [4.69, 9.17) is 4.74 Å². The minimum absolute atomic E-state index is 0.226. The molecule has 23 heavy (non-hydrogen) atoms. The monoisotopic (exact) mass is 399 g/mol. The molecule has 124 valence electrons. The van der Waals surface area contributed by atoms with Gasteiger partial charge in [0.1, 0.15) is 0 Å². The number of piperazine rings is 1. The van der Waals surface area contributed by atoms with Gasteiger partial charge in [-0.2, -0.15) is 5.10 Å². The minimum Gasteiger partial charge on any atom is -0.450 e. The Labute approximate surface area is 147 Å². The van der Waals surface area contributed by atoms with Gasteiger partial charge < -0.3 is 14.5 Å². The standard InChI is InChI=1S/C14H18BrN5O2S/c1-2-22-14(21)19-5-3-18(4-6-19)13-16-8-12(23-13)10-20-9-11(15)7-17-20/h7-9H,2-6,10H2,1H3. The van der Waals surface area contributed by atoms with Crippen LogP contribution in [0.1, 0.15) is 11.8 Å². The fraction of sp³-hybridized carbons (Fsp3) is 0.500. The fourth-order valence-electron chi connectivity index (χ4n) is 2.40. The summed E-state index contributed by atoms with van der Waals surface area (Å²) in [7, 11) is 0. The smallest absolute Gasteiger partial charge is 0.409 e. The van der Waals surface area contributed by atoms with Crippen LogP contribution in [0, 0.1) is 0 Å². The van der Waals surface area contributed by atoms with E-state index in [0.717, 1.165) is 27.6 Å². The Morgan fingerprint density at radius 3 is 2.78 bits per heavy atom. The van der Waals surface area contributed by atoms with Crippen molar-refractivity contribution in [3.05, 3.63) is 27.9 Å². The molecule has 0 saturated carbocycles. The molecule has 1 saturated heterocycles. The molecular weight excluding hydrogens is 382 g/mol. The number of hydrogen-bond acceptors (Lipinski definition) is 6. The number of amides is 1. The maximum atomic E-state index is 11.7. The van der Waals surface area contributed by atoms with Crippen LogP contribution in [0.4, 0.5) is 9.93 Å². The molecule has 0 N–H and O–H groups in total. The Morgan fingerprint density at radius 2 is 2.13 bits per heavy atom. The van der Waals surface area contributed by atoms with Crippen LogP contribution in [0.15, 0.2) is 23.1 Å². The van der Waals surface area contributed by atoms with Gasteiger partial charge >= 0.3 is 6.09 Å². The van der Waals surface area contributed by atoms with Gasteiger partial charge in [0, 0.05) is 43.4 Å². The van der Waals surface area contributed by atoms with Crippen molar-refractivity contribution in [2.45, 2.75) is 13.5 Å².